The second-order valence-electron chi connectivity index (χ2n) is 7.07. The van der Waals surface area contributed by atoms with E-state index >= 15 is 0 Å². The summed E-state index contributed by atoms with van der Waals surface area (Å²) in [6, 6.07) is 10.1. The Morgan fingerprint density at radius 3 is 2.65 bits per heavy atom. The van der Waals surface area contributed by atoms with Crippen LogP contribution in [0.2, 0.25) is 0 Å². The molecular weight excluding hydrogens is 328 g/mol. The molecular formula is C20H26N4O2. The Kier molecular flexibility index (Phi) is 5.52. The standard InChI is InChI=1S/C20H26N4O2/c1-3-21-19-22-12-16(13-23-19)18(25)24-10-9-20(2,26)17(14-24)11-15-7-5-4-6-8-15/h4-8,12-13,17,26H,3,9-11,14H2,1-2H3,(H,21,22,23)/t17-,20+/m0/s1. The number of hydrogen-bond donors (Lipinski definition) is 2. The highest BCUT2D eigenvalue weighted by Crippen LogP contribution is 2.31. The first-order valence-corrected chi connectivity index (χ1v) is 9.11. The third-order valence-corrected chi connectivity index (χ3v) is 5.05. The van der Waals surface area contributed by atoms with Gasteiger partial charge >= 0.3 is 0 Å². The number of nitrogens with one attached hydrogen (secondary N) is 1. The summed E-state index contributed by atoms with van der Waals surface area (Å²) in [5.74, 6) is 0.429. The van der Waals surface area contributed by atoms with Crippen LogP contribution in [0.15, 0.2) is 42.7 Å². The molecule has 1 fully saturated rings. The lowest BCUT2D eigenvalue weighted by Gasteiger charge is -2.43. The first-order valence-electron chi connectivity index (χ1n) is 9.11. The lowest BCUT2D eigenvalue weighted by molar-refractivity contribution is -0.0507. The molecule has 1 aromatic heterocycles. The van der Waals surface area contributed by atoms with Crippen molar-refractivity contribution in [2.24, 2.45) is 5.92 Å². The van der Waals surface area contributed by atoms with E-state index in [2.05, 4.69) is 27.4 Å². The maximum atomic E-state index is 12.8. The van der Waals surface area contributed by atoms with Gasteiger partial charge < -0.3 is 15.3 Å². The van der Waals surface area contributed by atoms with Crippen LogP contribution in [0, 0.1) is 5.92 Å². The van der Waals surface area contributed by atoms with Gasteiger partial charge in [-0.25, -0.2) is 9.97 Å². The Morgan fingerprint density at radius 1 is 1.31 bits per heavy atom. The van der Waals surface area contributed by atoms with Crippen LogP contribution in [0.4, 0.5) is 5.95 Å². The predicted molar refractivity (Wildman–Crippen MR) is 101 cm³/mol. The van der Waals surface area contributed by atoms with Crippen molar-refractivity contribution < 1.29 is 9.90 Å². The predicted octanol–water partition coefficient (Wildman–Crippen LogP) is 2.36. The summed E-state index contributed by atoms with van der Waals surface area (Å²) in [6.45, 7) is 5.63. The van der Waals surface area contributed by atoms with E-state index in [1.807, 2.05) is 32.0 Å². The molecule has 26 heavy (non-hydrogen) atoms. The average Bonchev–Trinajstić information content (AvgIpc) is 2.65. The van der Waals surface area contributed by atoms with Crippen LogP contribution >= 0.6 is 0 Å². The fourth-order valence-corrected chi connectivity index (χ4v) is 3.36. The quantitative estimate of drug-likeness (QED) is 0.862. The molecule has 2 N–H and O–H groups in total. The number of carbonyl (C=O) groups is 1. The van der Waals surface area contributed by atoms with Crippen LogP contribution in [-0.2, 0) is 6.42 Å². The van der Waals surface area contributed by atoms with Gasteiger partial charge in [0.05, 0.1) is 11.2 Å². The van der Waals surface area contributed by atoms with Gasteiger partial charge in [-0.05, 0) is 32.3 Å². The molecule has 0 radical (unpaired) electrons. The van der Waals surface area contributed by atoms with Crippen molar-refractivity contribution in [3.8, 4) is 0 Å². The molecule has 6 heteroatoms. The van der Waals surface area contributed by atoms with E-state index in [0.717, 1.165) is 13.0 Å². The third-order valence-electron chi connectivity index (χ3n) is 5.05. The van der Waals surface area contributed by atoms with E-state index in [9.17, 15) is 9.90 Å². The molecule has 1 amide bonds. The normalized spacial score (nSPS) is 22.9. The lowest BCUT2D eigenvalue weighted by Crippen LogP contribution is -2.52. The molecule has 6 nitrogen and oxygen atoms in total. The fraction of sp³-hybridized carbons (Fsp3) is 0.450. The number of piperidine rings is 1. The molecule has 1 aliphatic heterocycles. The van der Waals surface area contributed by atoms with Crippen molar-refractivity contribution in [3.63, 3.8) is 0 Å². The lowest BCUT2D eigenvalue weighted by atomic mass is 9.78. The zero-order valence-corrected chi connectivity index (χ0v) is 15.4. The highest BCUT2D eigenvalue weighted by molar-refractivity contribution is 5.93. The summed E-state index contributed by atoms with van der Waals surface area (Å²) in [5, 5.41) is 13.8. The van der Waals surface area contributed by atoms with E-state index in [1.54, 1.807) is 17.3 Å². The van der Waals surface area contributed by atoms with Crippen LogP contribution in [0.5, 0.6) is 0 Å². The van der Waals surface area contributed by atoms with Crippen LogP contribution in [0.3, 0.4) is 0 Å². The summed E-state index contributed by atoms with van der Waals surface area (Å²) < 4.78 is 0. The Morgan fingerprint density at radius 2 is 2.00 bits per heavy atom. The van der Waals surface area contributed by atoms with E-state index in [0.29, 0.717) is 31.0 Å². The maximum absolute atomic E-state index is 12.8. The Balaban J connectivity index is 1.71. The van der Waals surface area contributed by atoms with Crippen LogP contribution in [0.25, 0.3) is 0 Å². The SMILES string of the molecule is CCNc1ncc(C(=O)N2CC[C@@](C)(O)[C@@H](Cc3ccccc3)C2)cn1. The minimum atomic E-state index is -0.780. The first-order chi connectivity index (χ1) is 12.5. The smallest absolute Gasteiger partial charge is 0.257 e. The molecule has 1 aromatic carbocycles. The molecule has 138 valence electrons. The zero-order chi connectivity index (χ0) is 18.6. The number of aliphatic hydroxyl groups is 1. The van der Waals surface area contributed by atoms with Crippen LogP contribution < -0.4 is 5.32 Å². The molecule has 0 bridgehead atoms. The summed E-state index contributed by atoms with van der Waals surface area (Å²) >= 11 is 0. The number of benzene rings is 1. The Hall–Kier alpha value is -2.47. The van der Waals surface area contributed by atoms with Crippen molar-refractivity contribution in [1.82, 2.24) is 14.9 Å². The third kappa shape index (κ3) is 4.19. The van der Waals surface area contributed by atoms with Gasteiger partial charge in [0.2, 0.25) is 5.95 Å². The molecule has 1 saturated heterocycles. The molecule has 0 saturated carbocycles. The first kappa shape index (κ1) is 18.3. The van der Waals surface area contributed by atoms with E-state index in [-0.39, 0.29) is 11.8 Å². The van der Waals surface area contributed by atoms with E-state index < -0.39 is 5.60 Å². The maximum Gasteiger partial charge on any atom is 0.257 e. The van der Waals surface area contributed by atoms with Crippen LogP contribution in [0.1, 0.15) is 36.2 Å². The molecule has 0 aliphatic carbocycles. The zero-order valence-electron chi connectivity index (χ0n) is 15.4. The van der Waals surface area contributed by atoms with Gasteiger partial charge in [0.15, 0.2) is 0 Å². The number of hydrogen-bond acceptors (Lipinski definition) is 5. The number of amides is 1. The number of likely N-dealkylation sites (tertiary alicyclic amines) is 1. The van der Waals surface area contributed by atoms with Gasteiger partial charge in [-0.1, -0.05) is 30.3 Å². The molecule has 2 heterocycles. The Bertz CT molecular complexity index is 731. The van der Waals surface area contributed by atoms with E-state index in [4.69, 9.17) is 0 Å². The van der Waals surface area contributed by atoms with Crippen molar-refractivity contribution in [2.75, 3.05) is 25.0 Å². The van der Waals surface area contributed by atoms with Crippen molar-refractivity contribution >= 4 is 11.9 Å². The Labute approximate surface area is 154 Å². The van der Waals surface area contributed by atoms with Gasteiger partial charge in [-0.3, -0.25) is 4.79 Å². The molecule has 1 aliphatic rings. The van der Waals surface area contributed by atoms with Gasteiger partial charge in [0, 0.05) is 37.9 Å². The molecule has 2 atom stereocenters. The fourth-order valence-electron chi connectivity index (χ4n) is 3.36. The number of carbonyl (C=O) groups excluding carboxylic acids is 1. The monoisotopic (exact) mass is 354 g/mol. The molecule has 0 unspecified atom stereocenters. The van der Waals surface area contributed by atoms with Crippen LogP contribution in [-0.4, -0.2) is 51.1 Å². The minimum absolute atomic E-state index is 0.00968. The second-order valence-corrected chi connectivity index (χ2v) is 7.07. The number of nitrogens with zero attached hydrogens (tertiary/aromatic N) is 3. The van der Waals surface area contributed by atoms with Gasteiger partial charge in [0.1, 0.15) is 0 Å². The van der Waals surface area contributed by atoms with Gasteiger partial charge in [-0.2, -0.15) is 0 Å². The van der Waals surface area contributed by atoms with Gasteiger partial charge in [-0.15, -0.1) is 0 Å². The van der Waals surface area contributed by atoms with Crippen molar-refractivity contribution in [3.05, 3.63) is 53.9 Å². The molecule has 0 spiro atoms. The summed E-state index contributed by atoms with van der Waals surface area (Å²) in [5.41, 5.74) is 0.870. The topological polar surface area (TPSA) is 78.4 Å². The second kappa shape index (κ2) is 7.83. The summed E-state index contributed by atoms with van der Waals surface area (Å²) in [6.07, 6.45) is 4.43. The largest absolute Gasteiger partial charge is 0.390 e. The minimum Gasteiger partial charge on any atom is -0.390 e. The van der Waals surface area contributed by atoms with Crippen molar-refractivity contribution in [2.45, 2.75) is 32.3 Å². The van der Waals surface area contributed by atoms with E-state index in [1.165, 1.54) is 5.56 Å². The highest BCUT2D eigenvalue weighted by Gasteiger charge is 2.39. The molecule has 3 rings (SSSR count). The van der Waals surface area contributed by atoms with Gasteiger partial charge in [0.25, 0.3) is 5.91 Å². The average molecular weight is 354 g/mol. The highest BCUT2D eigenvalue weighted by atomic mass is 16.3. The number of aromatic nitrogens is 2. The van der Waals surface area contributed by atoms with Crippen molar-refractivity contribution in [1.29, 1.82) is 0 Å². The summed E-state index contributed by atoms with van der Waals surface area (Å²) in [7, 11) is 0. The molecule has 2 aromatic rings. The summed E-state index contributed by atoms with van der Waals surface area (Å²) in [4.78, 5) is 23.0. The number of anilines is 1. The number of rotatable bonds is 5.